The van der Waals surface area contributed by atoms with Crippen LogP contribution < -0.4 is 4.74 Å². The summed E-state index contributed by atoms with van der Waals surface area (Å²) in [6, 6.07) is 17.6. The van der Waals surface area contributed by atoms with Crippen LogP contribution in [-0.4, -0.2) is 21.4 Å². The molecular formula is C20H15ClN4OS. The molecule has 0 N–H and O–H groups in total. The Morgan fingerprint density at radius 2 is 2.00 bits per heavy atom. The minimum Gasteiger partial charge on any atom is -0.486 e. The molecule has 134 valence electrons. The smallest absolute Gasteiger partial charge is 0.231 e. The normalized spacial score (nSPS) is 11.3. The standard InChI is InChI=1S/C20H15ClN4OS/c1-13-5-4-7-16(9-13)26-12-18-24-25-20(27-18)22-11-15-10-14-6-2-3-8-17(14)23-19(15)21/h2-11H,12H2,1H3/b22-11+. The number of ether oxygens (including phenoxy) is 1. The van der Waals surface area contributed by atoms with Gasteiger partial charge in [0.05, 0.1) is 5.52 Å². The van der Waals surface area contributed by atoms with Gasteiger partial charge in [-0.1, -0.05) is 53.3 Å². The summed E-state index contributed by atoms with van der Waals surface area (Å²) < 4.78 is 5.74. The molecule has 0 spiro atoms. The van der Waals surface area contributed by atoms with Crippen LogP contribution in [-0.2, 0) is 6.61 Å². The van der Waals surface area contributed by atoms with E-state index in [0.717, 1.165) is 32.8 Å². The number of para-hydroxylation sites is 1. The number of benzene rings is 2. The minimum absolute atomic E-state index is 0.356. The number of aliphatic imine (C=N–C) groups is 1. The van der Waals surface area contributed by atoms with E-state index < -0.39 is 0 Å². The lowest BCUT2D eigenvalue weighted by Crippen LogP contribution is -1.94. The topological polar surface area (TPSA) is 60.3 Å². The Kier molecular flexibility index (Phi) is 5.09. The van der Waals surface area contributed by atoms with Crippen LogP contribution in [0.15, 0.2) is 59.6 Å². The van der Waals surface area contributed by atoms with Crippen LogP contribution in [0.1, 0.15) is 16.1 Å². The lowest BCUT2D eigenvalue weighted by Gasteiger charge is -2.03. The van der Waals surface area contributed by atoms with Gasteiger partial charge in [-0.3, -0.25) is 0 Å². The summed E-state index contributed by atoms with van der Waals surface area (Å²) in [4.78, 5) is 8.76. The van der Waals surface area contributed by atoms with Crippen molar-refractivity contribution in [2.24, 2.45) is 4.99 Å². The molecule has 0 fully saturated rings. The van der Waals surface area contributed by atoms with Crippen LogP contribution >= 0.6 is 22.9 Å². The average molecular weight is 395 g/mol. The van der Waals surface area contributed by atoms with Crippen molar-refractivity contribution < 1.29 is 4.74 Å². The van der Waals surface area contributed by atoms with Gasteiger partial charge >= 0.3 is 0 Å². The molecule has 5 nitrogen and oxygen atoms in total. The predicted molar refractivity (Wildman–Crippen MR) is 109 cm³/mol. The van der Waals surface area contributed by atoms with Crippen LogP contribution in [0, 0.1) is 6.92 Å². The molecule has 0 aliphatic heterocycles. The third-order valence-corrected chi connectivity index (χ3v) is 4.93. The first-order valence-corrected chi connectivity index (χ1v) is 9.48. The minimum atomic E-state index is 0.356. The number of hydrogen-bond donors (Lipinski definition) is 0. The summed E-state index contributed by atoms with van der Waals surface area (Å²) in [5.74, 6) is 0.810. The van der Waals surface area contributed by atoms with Crippen molar-refractivity contribution in [3.63, 3.8) is 0 Å². The maximum Gasteiger partial charge on any atom is 0.231 e. The number of halogens is 1. The van der Waals surface area contributed by atoms with E-state index in [1.165, 1.54) is 11.3 Å². The SMILES string of the molecule is Cc1cccc(OCc2nnc(/N=C/c3cc4ccccc4nc3Cl)s2)c1. The van der Waals surface area contributed by atoms with Gasteiger partial charge in [-0.05, 0) is 36.8 Å². The maximum atomic E-state index is 6.25. The largest absolute Gasteiger partial charge is 0.486 e. The molecule has 0 radical (unpaired) electrons. The van der Waals surface area contributed by atoms with Gasteiger partial charge in [0.2, 0.25) is 5.13 Å². The molecule has 2 aromatic carbocycles. The van der Waals surface area contributed by atoms with E-state index in [9.17, 15) is 0 Å². The van der Waals surface area contributed by atoms with Crippen molar-refractivity contribution in [3.05, 3.63) is 75.9 Å². The molecule has 2 heterocycles. The highest BCUT2D eigenvalue weighted by Gasteiger charge is 2.06. The van der Waals surface area contributed by atoms with E-state index in [0.29, 0.717) is 16.9 Å². The van der Waals surface area contributed by atoms with Gasteiger partial charge in [0.1, 0.15) is 17.5 Å². The number of pyridine rings is 1. The van der Waals surface area contributed by atoms with Gasteiger partial charge in [-0.2, -0.15) is 0 Å². The molecule has 0 saturated carbocycles. The highest BCUT2D eigenvalue weighted by Crippen LogP contribution is 2.23. The Balaban J connectivity index is 1.46. The van der Waals surface area contributed by atoms with Crippen molar-refractivity contribution >= 4 is 45.2 Å². The van der Waals surface area contributed by atoms with Crippen molar-refractivity contribution in [1.82, 2.24) is 15.2 Å². The van der Waals surface area contributed by atoms with Gasteiger partial charge in [-0.15, -0.1) is 10.2 Å². The van der Waals surface area contributed by atoms with E-state index >= 15 is 0 Å². The fourth-order valence-corrected chi connectivity index (χ4v) is 3.32. The molecule has 0 bridgehead atoms. The summed E-state index contributed by atoms with van der Waals surface area (Å²) in [5, 5.41) is 10.9. The summed E-state index contributed by atoms with van der Waals surface area (Å²) in [7, 11) is 0. The number of aromatic nitrogens is 3. The highest BCUT2D eigenvalue weighted by atomic mass is 35.5. The highest BCUT2D eigenvalue weighted by molar-refractivity contribution is 7.14. The molecule has 0 unspecified atom stereocenters. The van der Waals surface area contributed by atoms with Crippen LogP contribution in [0.5, 0.6) is 5.75 Å². The summed E-state index contributed by atoms with van der Waals surface area (Å²) >= 11 is 7.63. The lowest BCUT2D eigenvalue weighted by atomic mass is 10.2. The number of nitrogens with zero attached hydrogens (tertiary/aromatic N) is 4. The van der Waals surface area contributed by atoms with E-state index in [1.54, 1.807) is 6.21 Å². The van der Waals surface area contributed by atoms with E-state index in [-0.39, 0.29) is 0 Å². The molecule has 0 aliphatic carbocycles. The van der Waals surface area contributed by atoms with Crippen LogP contribution in [0.2, 0.25) is 5.15 Å². The Bertz CT molecular complexity index is 1130. The number of fused-ring (bicyclic) bond motifs is 1. The summed E-state index contributed by atoms with van der Waals surface area (Å²) in [6.07, 6.45) is 1.66. The quantitative estimate of drug-likeness (QED) is 0.337. The first-order valence-electron chi connectivity index (χ1n) is 8.28. The van der Waals surface area contributed by atoms with E-state index in [4.69, 9.17) is 16.3 Å². The fraction of sp³-hybridized carbons (Fsp3) is 0.100. The van der Waals surface area contributed by atoms with Gasteiger partial charge in [0.15, 0.2) is 5.01 Å². The zero-order chi connectivity index (χ0) is 18.6. The summed E-state index contributed by atoms with van der Waals surface area (Å²) in [6.45, 7) is 2.38. The molecular weight excluding hydrogens is 380 g/mol. The fourth-order valence-electron chi connectivity index (χ4n) is 2.53. The second kappa shape index (κ2) is 7.82. The van der Waals surface area contributed by atoms with E-state index in [2.05, 4.69) is 20.2 Å². The Hall–Kier alpha value is -2.83. The average Bonchev–Trinajstić information content (AvgIpc) is 3.13. The van der Waals surface area contributed by atoms with Gasteiger partial charge in [-0.25, -0.2) is 9.98 Å². The molecule has 0 atom stereocenters. The first kappa shape index (κ1) is 17.6. The maximum absolute atomic E-state index is 6.25. The molecule has 7 heteroatoms. The number of aryl methyl sites for hydroxylation is 1. The zero-order valence-corrected chi connectivity index (χ0v) is 16.0. The molecule has 2 aromatic heterocycles. The second-order valence-electron chi connectivity index (χ2n) is 5.90. The van der Waals surface area contributed by atoms with Crippen molar-refractivity contribution in [1.29, 1.82) is 0 Å². The van der Waals surface area contributed by atoms with Crippen molar-refractivity contribution in [2.75, 3.05) is 0 Å². The Morgan fingerprint density at radius 3 is 2.89 bits per heavy atom. The third-order valence-electron chi connectivity index (χ3n) is 3.83. The van der Waals surface area contributed by atoms with Crippen LogP contribution in [0.25, 0.3) is 10.9 Å². The van der Waals surface area contributed by atoms with E-state index in [1.807, 2.05) is 61.5 Å². The van der Waals surface area contributed by atoms with Gasteiger partial charge < -0.3 is 4.74 Å². The molecule has 4 rings (SSSR count). The molecule has 27 heavy (non-hydrogen) atoms. The number of hydrogen-bond acceptors (Lipinski definition) is 6. The first-order chi connectivity index (χ1) is 13.2. The zero-order valence-electron chi connectivity index (χ0n) is 14.5. The summed E-state index contributed by atoms with van der Waals surface area (Å²) in [5.41, 5.74) is 2.74. The lowest BCUT2D eigenvalue weighted by molar-refractivity contribution is 0.304. The molecule has 0 aliphatic rings. The van der Waals surface area contributed by atoms with Crippen molar-refractivity contribution in [3.8, 4) is 5.75 Å². The van der Waals surface area contributed by atoms with Crippen molar-refractivity contribution in [2.45, 2.75) is 13.5 Å². The molecule has 4 aromatic rings. The monoisotopic (exact) mass is 394 g/mol. The Morgan fingerprint density at radius 1 is 1.11 bits per heavy atom. The molecule has 0 amide bonds. The second-order valence-corrected chi connectivity index (χ2v) is 7.30. The van der Waals surface area contributed by atoms with Gasteiger partial charge in [0.25, 0.3) is 0 Å². The van der Waals surface area contributed by atoms with Crippen LogP contribution in [0.4, 0.5) is 5.13 Å². The Labute approximate surface area is 165 Å². The predicted octanol–water partition coefficient (Wildman–Crippen LogP) is 5.38. The third kappa shape index (κ3) is 4.30. The number of rotatable bonds is 5. The molecule has 0 saturated heterocycles. The van der Waals surface area contributed by atoms with Crippen LogP contribution in [0.3, 0.4) is 0 Å². The van der Waals surface area contributed by atoms with Gasteiger partial charge in [0, 0.05) is 17.2 Å².